The molecule has 0 bridgehead atoms. The van der Waals surface area contributed by atoms with Crippen molar-refractivity contribution in [3.63, 3.8) is 0 Å². The largest absolute Gasteiger partial charge is 0.322 e. The van der Waals surface area contributed by atoms with Gasteiger partial charge in [0.05, 0.1) is 10.8 Å². The fraction of sp³-hybridized carbons (Fsp3) is 0.368. The summed E-state index contributed by atoms with van der Waals surface area (Å²) in [7, 11) is -3.71. The Hall–Kier alpha value is -1.69. The van der Waals surface area contributed by atoms with Crippen LogP contribution in [0.5, 0.6) is 0 Å². The van der Waals surface area contributed by atoms with Crippen molar-refractivity contribution in [2.45, 2.75) is 43.4 Å². The third-order valence-electron chi connectivity index (χ3n) is 4.34. The second kappa shape index (κ2) is 6.31. The highest BCUT2D eigenvalue weighted by atomic mass is 32.2. The predicted molar refractivity (Wildman–Crippen MR) is 101 cm³/mol. The molecule has 4 N–H and O–H groups in total. The molecule has 1 aliphatic rings. The lowest BCUT2D eigenvalue weighted by atomic mass is 9.90. The summed E-state index contributed by atoms with van der Waals surface area (Å²) in [5, 5.41) is 0. The van der Waals surface area contributed by atoms with E-state index in [2.05, 4.69) is 0 Å². The molecule has 5 heteroatoms. The maximum atomic E-state index is 13.0. The molecule has 4 nitrogen and oxygen atoms in total. The molecule has 2 rings (SSSR count). The van der Waals surface area contributed by atoms with Crippen LogP contribution in [0, 0.1) is 0 Å². The summed E-state index contributed by atoms with van der Waals surface area (Å²) >= 11 is 0. The van der Waals surface area contributed by atoms with E-state index in [4.69, 9.17) is 11.5 Å². The molecule has 130 valence electrons. The van der Waals surface area contributed by atoms with E-state index in [1.165, 1.54) is 0 Å². The van der Waals surface area contributed by atoms with E-state index in [1.54, 1.807) is 32.9 Å². The average Bonchev–Trinajstić information content (AvgIpc) is 2.51. The van der Waals surface area contributed by atoms with Crippen LogP contribution < -0.4 is 11.5 Å². The zero-order chi connectivity index (χ0) is 18.2. The molecule has 0 saturated carbocycles. The van der Waals surface area contributed by atoms with Gasteiger partial charge in [-0.2, -0.15) is 0 Å². The fourth-order valence-electron chi connectivity index (χ4n) is 2.82. The molecule has 24 heavy (non-hydrogen) atoms. The molecule has 0 amide bonds. The van der Waals surface area contributed by atoms with Crippen LogP contribution in [0.25, 0.3) is 5.57 Å². The highest BCUT2D eigenvalue weighted by molar-refractivity contribution is 7.94. The maximum Gasteiger partial charge on any atom is 0.179 e. The second-order valence-electron chi connectivity index (χ2n) is 7.02. The van der Waals surface area contributed by atoms with Crippen molar-refractivity contribution < 1.29 is 8.42 Å². The van der Waals surface area contributed by atoms with Gasteiger partial charge < -0.3 is 11.5 Å². The van der Waals surface area contributed by atoms with E-state index >= 15 is 0 Å². The summed E-state index contributed by atoms with van der Waals surface area (Å²) in [4.78, 5) is -1.64. The first kappa shape index (κ1) is 18.6. The monoisotopic (exact) mass is 346 g/mol. The Morgan fingerprint density at radius 1 is 1.21 bits per heavy atom. The van der Waals surface area contributed by atoms with Gasteiger partial charge in [0.25, 0.3) is 0 Å². The van der Waals surface area contributed by atoms with Gasteiger partial charge in [-0.15, -0.1) is 0 Å². The summed E-state index contributed by atoms with van der Waals surface area (Å²) in [5.74, 6) is 0. The van der Waals surface area contributed by atoms with Gasteiger partial charge >= 0.3 is 0 Å². The number of allylic oxidation sites excluding steroid dienone is 4. The molecule has 0 radical (unpaired) electrons. The third-order valence-corrected chi connectivity index (χ3v) is 7.27. The van der Waals surface area contributed by atoms with E-state index in [0.717, 1.165) is 16.7 Å². The lowest BCUT2D eigenvalue weighted by Gasteiger charge is -2.38. The summed E-state index contributed by atoms with van der Waals surface area (Å²) in [6, 6.07) is 9.00. The van der Waals surface area contributed by atoms with Crippen LogP contribution in [0.4, 0.5) is 0 Å². The second-order valence-corrected chi connectivity index (χ2v) is 9.96. The molecule has 1 aliphatic carbocycles. The van der Waals surface area contributed by atoms with Crippen molar-refractivity contribution >= 4 is 15.4 Å². The molecule has 0 fully saturated rings. The van der Waals surface area contributed by atoms with Crippen LogP contribution in [0.1, 0.15) is 33.3 Å². The molecule has 1 aromatic rings. The Bertz CT molecular complexity index is 800. The molecule has 0 spiro atoms. The molecule has 0 aliphatic heterocycles. The minimum Gasteiger partial charge on any atom is -0.322 e. The van der Waals surface area contributed by atoms with Crippen molar-refractivity contribution in [3.8, 4) is 0 Å². The van der Waals surface area contributed by atoms with Crippen LogP contribution >= 0.6 is 0 Å². The minimum absolute atomic E-state index is 0.765. The quantitative estimate of drug-likeness (QED) is 0.881. The topological polar surface area (TPSA) is 86.2 Å². The summed E-state index contributed by atoms with van der Waals surface area (Å²) in [6.45, 7) is 6.85. The Kier molecular flexibility index (Phi) is 4.91. The zero-order valence-corrected chi connectivity index (χ0v) is 15.5. The average molecular weight is 346 g/mol. The van der Waals surface area contributed by atoms with E-state index in [9.17, 15) is 8.42 Å². The van der Waals surface area contributed by atoms with Gasteiger partial charge in [0.2, 0.25) is 0 Å². The van der Waals surface area contributed by atoms with E-state index in [-0.39, 0.29) is 0 Å². The van der Waals surface area contributed by atoms with Gasteiger partial charge in [0.1, 0.15) is 0 Å². The molecular formula is C19H26N2O2S. The Morgan fingerprint density at radius 2 is 1.79 bits per heavy atom. The molecule has 1 aromatic carbocycles. The van der Waals surface area contributed by atoms with E-state index in [0.29, 0.717) is 0 Å². The highest BCUT2D eigenvalue weighted by Crippen LogP contribution is 2.36. The number of sulfone groups is 1. The summed E-state index contributed by atoms with van der Waals surface area (Å²) < 4.78 is 25.1. The number of rotatable bonds is 3. The Labute approximate surface area is 144 Å². The van der Waals surface area contributed by atoms with Crippen molar-refractivity contribution in [2.24, 2.45) is 11.5 Å². The number of hydrogen-bond acceptors (Lipinski definition) is 4. The zero-order valence-electron chi connectivity index (χ0n) is 14.7. The van der Waals surface area contributed by atoms with Crippen LogP contribution in [0.15, 0.2) is 60.2 Å². The van der Waals surface area contributed by atoms with Crippen LogP contribution in [-0.2, 0) is 9.84 Å². The van der Waals surface area contributed by atoms with Gasteiger partial charge in [0, 0.05) is 0 Å². The standard InChI is InChI=1S/C19H26N2O2S/c1-5-16(14-9-7-6-8-10-14)15-11-12-17(20)19(21,13-15)24(22,23)18(2,3)4/h5-13,17H,20-21H2,1-4H3. The first-order valence-corrected chi connectivity index (χ1v) is 9.44. The lowest BCUT2D eigenvalue weighted by molar-refractivity contribution is 0.501. The first-order valence-electron chi connectivity index (χ1n) is 7.96. The SMILES string of the molecule is CC=C(C1=CC(N)(S(=O)(=O)C(C)(C)C)C(N)C=C1)c1ccccc1. The van der Waals surface area contributed by atoms with E-state index in [1.807, 2.05) is 49.4 Å². The normalized spacial score (nSPS) is 25.5. The lowest BCUT2D eigenvalue weighted by Crippen LogP contribution is -2.63. The fourth-order valence-corrected chi connectivity index (χ4v) is 4.60. The van der Waals surface area contributed by atoms with Crippen LogP contribution in [-0.4, -0.2) is 24.1 Å². The molecule has 2 atom stereocenters. The molecule has 2 unspecified atom stereocenters. The van der Waals surface area contributed by atoms with Gasteiger partial charge in [-0.3, -0.25) is 0 Å². The first-order chi connectivity index (χ1) is 11.0. The van der Waals surface area contributed by atoms with Crippen molar-refractivity contribution in [3.05, 3.63) is 65.8 Å². The number of benzene rings is 1. The van der Waals surface area contributed by atoms with Gasteiger partial charge in [-0.25, -0.2) is 8.42 Å². The molecular weight excluding hydrogens is 320 g/mol. The van der Waals surface area contributed by atoms with Gasteiger partial charge in [-0.1, -0.05) is 48.6 Å². The van der Waals surface area contributed by atoms with E-state index < -0.39 is 25.5 Å². The minimum atomic E-state index is -3.71. The molecule has 0 heterocycles. The van der Waals surface area contributed by atoms with Gasteiger partial charge in [-0.05, 0) is 50.5 Å². The Morgan fingerprint density at radius 3 is 2.29 bits per heavy atom. The van der Waals surface area contributed by atoms with Gasteiger partial charge in [0.15, 0.2) is 14.7 Å². The van der Waals surface area contributed by atoms with Crippen molar-refractivity contribution in [2.75, 3.05) is 0 Å². The Balaban J connectivity index is 2.60. The highest BCUT2D eigenvalue weighted by Gasteiger charge is 2.50. The van der Waals surface area contributed by atoms with Crippen LogP contribution in [0.2, 0.25) is 0 Å². The van der Waals surface area contributed by atoms with Crippen LogP contribution in [0.3, 0.4) is 0 Å². The summed E-state index contributed by atoms with van der Waals surface area (Å²) in [6.07, 6.45) is 7.06. The number of hydrogen-bond donors (Lipinski definition) is 2. The number of nitrogens with two attached hydrogens (primary N) is 2. The van der Waals surface area contributed by atoms with Crippen molar-refractivity contribution in [1.29, 1.82) is 0 Å². The predicted octanol–water partition coefficient (Wildman–Crippen LogP) is 2.78. The summed E-state index contributed by atoms with van der Waals surface area (Å²) in [5.41, 5.74) is 15.1. The maximum absolute atomic E-state index is 13.0. The third kappa shape index (κ3) is 2.99. The molecule has 0 saturated heterocycles. The molecule has 0 aromatic heterocycles. The smallest absolute Gasteiger partial charge is 0.179 e. The van der Waals surface area contributed by atoms with Crippen molar-refractivity contribution in [1.82, 2.24) is 0 Å².